The maximum atomic E-state index is 13.1. The van der Waals surface area contributed by atoms with Gasteiger partial charge in [-0.15, -0.1) is 0 Å². The Morgan fingerprint density at radius 3 is 0.731 bits per heavy atom. The predicted molar refractivity (Wildman–Crippen MR) is 428 cm³/mol. The van der Waals surface area contributed by atoms with Crippen LogP contribution in [0.5, 0.6) is 0 Å². The van der Waals surface area contributed by atoms with Crippen molar-refractivity contribution in [2.45, 2.75) is 465 Å². The molecular formula is C85H166O17P2. The Morgan fingerprint density at radius 1 is 0.279 bits per heavy atom. The molecule has 618 valence electrons. The van der Waals surface area contributed by atoms with Gasteiger partial charge in [-0.2, -0.15) is 0 Å². The fourth-order valence-corrected chi connectivity index (χ4v) is 14.7. The SMILES string of the molecule is CCCCCCCCCCCCCC(=O)O[C@H](COC(=O)CCCCCCCCCC(C)C)COP(=O)(O)OC[C@H](O)COP(=O)(O)OC[C@@H](COC(=O)CCCCCCCCCCCCCCCCCCCCC(C)C)OC(=O)CCCCCCCCCCCCCCCCCCCCC(C)CC. The molecule has 0 aliphatic rings. The number of unbranched alkanes of at least 4 members (excludes halogenated alkanes) is 50. The van der Waals surface area contributed by atoms with E-state index in [9.17, 15) is 43.2 Å². The molecule has 0 spiro atoms. The van der Waals surface area contributed by atoms with Gasteiger partial charge in [0.1, 0.15) is 19.3 Å². The highest BCUT2D eigenvalue weighted by Crippen LogP contribution is 2.45. The van der Waals surface area contributed by atoms with Gasteiger partial charge in [0.25, 0.3) is 0 Å². The second-order valence-electron chi connectivity index (χ2n) is 31.8. The van der Waals surface area contributed by atoms with Crippen LogP contribution in [0.2, 0.25) is 0 Å². The number of hydrogen-bond acceptors (Lipinski definition) is 15. The van der Waals surface area contributed by atoms with Crippen LogP contribution >= 0.6 is 15.6 Å². The van der Waals surface area contributed by atoms with Gasteiger partial charge in [-0.1, -0.05) is 395 Å². The van der Waals surface area contributed by atoms with Crippen LogP contribution < -0.4 is 0 Å². The number of carbonyl (C=O) groups excluding carboxylic acids is 4. The van der Waals surface area contributed by atoms with Crippen LogP contribution in [0, 0.1) is 17.8 Å². The van der Waals surface area contributed by atoms with E-state index in [0.29, 0.717) is 31.6 Å². The molecule has 3 unspecified atom stereocenters. The van der Waals surface area contributed by atoms with Gasteiger partial charge >= 0.3 is 39.5 Å². The molecule has 17 nitrogen and oxygen atoms in total. The summed E-state index contributed by atoms with van der Waals surface area (Å²) in [5.41, 5.74) is 0. The van der Waals surface area contributed by atoms with Crippen molar-refractivity contribution in [3.05, 3.63) is 0 Å². The molecule has 0 aliphatic carbocycles. The highest BCUT2D eigenvalue weighted by atomic mass is 31.2. The van der Waals surface area contributed by atoms with Crippen LogP contribution in [0.15, 0.2) is 0 Å². The maximum absolute atomic E-state index is 13.1. The summed E-state index contributed by atoms with van der Waals surface area (Å²) in [5.74, 6) is 0.292. The smallest absolute Gasteiger partial charge is 0.462 e. The van der Waals surface area contributed by atoms with Crippen molar-refractivity contribution in [2.24, 2.45) is 17.8 Å². The largest absolute Gasteiger partial charge is 0.472 e. The second-order valence-corrected chi connectivity index (χ2v) is 34.7. The standard InChI is InChI=1S/C85H166O17P2/c1-8-10-11-12-13-14-31-39-46-54-61-68-84(89)102-81(73-96-83(88)67-60-53-48-41-43-50-57-64-77(5)6)75-100-104(93,94)98-71-79(86)70-97-103(91,92)99-74-80(72-95-82(87)66-59-52-45-38-34-29-25-21-17-15-19-23-27-32-36-42-49-56-63-76(3)4)101-85(90)69-62-55-47-40-35-30-26-22-18-16-20-24-28-33-37-44-51-58-65-78(7)9-2/h76-81,86H,8-75H2,1-7H3,(H,91,92)(H,93,94)/t78?,79-,80-,81-/m1/s1. The van der Waals surface area contributed by atoms with E-state index in [2.05, 4.69) is 48.5 Å². The summed E-state index contributed by atoms with van der Waals surface area (Å²) in [4.78, 5) is 73.1. The van der Waals surface area contributed by atoms with E-state index in [1.165, 1.54) is 250 Å². The number of phosphoric acid groups is 2. The maximum Gasteiger partial charge on any atom is 0.472 e. The van der Waals surface area contributed by atoms with Crippen molar-refractivity contribution in [1.82, 2.24) is 0 Å². The minimum absolute atomic E-state index is 0.106. The zero-order valence-corrected chi connectivity index (χ0v) is 70.3. The van der Waals surface area contributed by atoms with Crippen LogP contribution in [-0.2, 0) is 65.4 Å². The number of carbonyl (C=O) groups is 4. The van der Waals surface area contributed by atoms with E-state index >= 15 is 0 Å². The second kappa shape index (κ2) is 75.1. The average molecular weight is 1520 g/mol. The highest BCUT2D eigenvalue weighted by molar-refractivity contribution is 7.47. The Morgan fingerprint density at radius 2 is 0.490 bits per heavy atom. The molecule has 0 aliphatic heterocycles. The molecule has 6 atom stereocenters. The van der Waals surface area contributed by atoms with Crippen LogP contribution in [0.1, 0.15) is 447 Å². The molecule has 0 radical (unpaired) electrons. The Hall–Kier alpha value is -1.94. The molecule has 0 saturated heterocycles. The number of phosphoric ester groups is 2. The van der Waals surface area contributed by atoms with E-state index in [-0.39, 0.29) is 25.7 Å². The number of rotatable bonds is 83. The third-order valence-corrected chi connectivity index (χ3v) is 22.1. The Bertz CT molecular complexity index is 2010. The zero-order chi connectivity index (χ0) is 76.5. The van der Waals surface area contributed by atoms with Crippen molar-refractivity contribution in [3.63, 3.8) is 0 Å². The van der Waals surface area contributed by atoms with E-state index < -0.39 is 97.5 Å². The Balaban J connectivity index is 5.18. The quantitative estimate of drug-likeness (QED) is 0.0222. The summed E-state index contributed by atoms with van der Waals surface area (Å²) < 4.78 is 68.8. The lowest BCUT2D eigenvalue weighted by atomic mass is 9.99. The van der Waals surface area contributed by atoms with Gasteiger partial charge < -0.3 is 33.8 Å². The summed E-state index contributed by atoms with van der Waals surface area (Å²) in [6, 6.07) is 0. The van der Waals surface area contributed by atoms with Gasteiger partial charge in [0.05, 0.1) is 26.4 Å². The van der Waals surface area contributed by atoms with Gasteiger partial charge in [-0.05, 0) is 43.4 Å². The van der Waals surface area contributed by atoms with Gasteiger partial charge in [0, 0.05) is 25.7 Å². The van der Waals surface area contributed by atoms with Crippen LogP contribution in [-0.4, -0.2) is 96.7 Å². The van der Waals surface area contributed by atoms with Crippen molar-refractivity contribution in [1.29, 1.82) is 0 Å². The topological polar surface area (TPSA) is 237 Å². The predicted octanol–water partition coefficient (Wildman–Crippen LogP) is 25.7. The van der Waals surface area contributed by atoms with Crippen LogP contribution in [0.25, 0.3) is 0 Å². The Kier molecular flexibility index (Phi) is 73.7. The van der Waals surface area contributed by atoms with Gasteiger partial charge in [-0.25, -0.2) is 9.13 Å². The molecule has 104 heavy (non-hydrogen) atoms. The highest BCUT2D eigenvalue weighted by Gasteiger charge is 2.30. The molecule has 0 aromatic carbocycles. The lowest BCUT2D eigenvalue weighted by molar-refractivity contribution is -0.161. The first-order chi connectivity index (χ1) is 50.3. The first kappa shape index (κ1) is 102. The fraction of sp³-hybridized carbons (Fsp3) is 0.953. The van der Waals surface area contributed by atoms with Gasteiger partial charge in [0.15, 0.2) is 12.2 Å². The first-order valence-electron chi connectivity index (χ1n) is 43.9. The summed E-state index contributed by atoms with van der Waals surface area (Å²) in [6.45, 7) is 12.0. The van der Waals surface area contributed by atoms with Crippen molar-refractivity contribution < 1.29 is 80.2 Å². The molecule has 0 amide bonds. The molecule has 0 aromatic rings. The lowest BCUT2D eigenvalue weighted by Gasteiger charge is -2.21. The minimum atomic E-state index is -4.97. The average Bonchev–Trinajstić information content (AvgIpc) is 0.905. The summed E-state index contributed by atoms with van der Waals surface area (Å²) in [5, 5.41) is 10.7. The fourth-order valence-electron chi connectivity index (χ4n) is 13.2. The minimum Gasteiger partial charge on any atom is -0.462 e. The third-order valence-electron chi connectivity index (χ3n) is 20.2. The molecule has 19 heteroatoms. The van der Waals surface area contributed by atoms with Gasteiger partial charge in [0.2, 0.25) is 0 Å². The monoisotopic (exact) mass is 1520 g/mol. The zero-order valence-electron chi connectivity index (χ0n) is 68.5. The third kappa shape index (κ3) is 76.8. The first-order valence-corrected chi connectivity index (χ1v) is 46.9. The summed E-state index contributed by atoms with van der Waals surface area (Å²) in [7, 11) is -9.92. The van der Waals surface area contributed by atoms with Gasteiger partial charge in [-0.3, -0.25) is 37.3 Å². The molecule has 0 fully saturated rings. The van der Waals surface area contributed by atoms with E-state index in [4.69, 9.17) is 37.0 Å². The lowest BCUT2D eigenvalue weighted by Crippen LogP contribution is -2.30. The summed E-state index contributed by atoms with van der Waals surface area (Å²) in [6.07, 6.45) is 65.4. The molecule has 3 N–H and O–H groups in total. The molecular weight excluding hydrogens is 1350 g/mol. The number of ether oxygens (including phenoxy) is 4. The summed E-state index contributed by atoms with van der Waals surface area (Å²) >= 11 is 0. The molecule has 0 heterocycles. The normalized spacial score (nSPS) is 14.2. The molecule has 0 bridgehead atoms. The number of esters is 4. The Labute approximate surface area is 638 Å². The number of aliphatic hydroxyl groups is 1. The molecule has 0 rings (SSSR count). The van der Waals surface area contributed by atoms with Crippen molar-refractivity contribution in [3.8, 4) is 0 Å². The number of aliphatic hydroxyl groups excluding tert-OH is 1. The van der Waals surface area contributed by atoms with E-state index in [1.54, 1.807) is 0 Å². The molecule has 0 saturated carbocycles. The number of hydrogen-bond donors (Lipinski definition) is 3. The molecule has 0 aromatic heterocycles. The van der Waals surface area contributed by atoms with Crippen LogP contribution in [0.3, 0.4) is 0 Å². The van der Waals surface area contributed by atoms with Crippen molar-refractivity contribution in [2.75, 3.05) is 39.6 Å². The van der Waals surface area contributed by atoms with Crippen LogP contribution in [0.4, 0.5) is 0 Å². The van der Waals surface area contributed by atoms with E-state index in [1.807, 2.05) is 0 Å². The van der Waals surface area contributed by atoms with Crippen molar-refractivity contribution >= 4 is 39.5 Å². The van der Waals surface area contributed by atoms with E-state index in [0.717, 1.165) is 108 Å².